The Kier molecular flexibility index (Phi) is 8.60. The van der Waals surface area contributed by atoms with Crippen LogP contribution in [-0.4, -0.2) is 55.5 Å². The highest BCUT2D eigenvalue weighted by molar-refractivity contribution is 5.27. The normalized spacial score (nSPS) is 33.7. The summed E-state index contributed by atoms with van der Waals surface area (Å²) in [6.45, 7) is 3.99. The molecule has 0 radical (unpaired) electrons. The molecule has 7 heteroatoms. The third-order valence-corrected chi connectivity index (χ3v) is 9.00. The van der Waals surface area contributed by atoms with Crippen LogP contribution in [-0.2, 0) is 35.0 Å². The van der Waals surface area contributed by atoms with Crippen molar-refractivity contribution in [3.05, 3.63) is 29.8 Å². The van der Waals surface area contributed by atoms with Crippen molar-refractivity contribution >= 4 is 0 Å². The van der Waals surface area contributed by atoms with Crippen molar-refractivity contribution < 1.29 is 33.2 Å². The summed E-state index contributed by atoms with van der Waals surface area (Å²) in [6.07, 6.45) is 14.2. The average molecular weight is 531 g/mol. The number of benzene rings is 1. The monoisotopic (exact) mass is 530 g/mol. The topological polar surface area (TPSA) is 64.6 Å². The summed E-state index contributed by atoms with van der Waals surface area (Å²) in [5, 5.41) is 0. The first-order valence-electron chi connectivity index (χ1n) is 15.3. The van der Waals surface area contributed by atoms with Crippen molar-refractivity contribution in [2.45, 2.75) is 146 Å². The van der Waals surface area contributed by atoms with Crippen LogP contribution in [0.1, 0.15) is 102 Å². The molecule has 3 aliphatic heterocycles. The third kappa shape index (κ3) is 5.93. The van der Waals surface area contributed by atoms with E-state index >= 15 is 0 Å². The minimum Gasteiger partial charge on any atom is -0.494 e. The van der Waals surface area contributed by atoms with E-state index in [1.807, 2.05) is 12.1 Å². The first-order chi connectivity index (χ1) is 18.7. The summed E-state index contributed by atoms with van der Waals surface area (Å²) in [4.78, 5) is 0. The van der Waals surface area contributed by atoms with Gasteiger partial charge < -0.3 is 33.2 Å². The largest absolute Gasteiger partial charge is 0.494 e. The quantitative estimate of drug-likeness (QED) is 0.324. The second kappa shape index (κ2) is 12.1. The van der Waals surface area contributed by atoms with Gasteiger partial charge in [0.05, 0.1) is 19.8 Å². The Morgan fingerprint density at radius 2 is 1.53 bits per heavy atom. The Labute approximate surface area is 227 Å². The lowest BCUT2D eigenvalue weighted by atomic mass is 9.94. The molecule has 3 saturated heterocycles. The van der Waals surface area contributed by atoms with Gasteiger partial charge in [0.15, 0.2) is 17.9 Å². The maximum atomic E-state index is 6.64. The molecule has 0 bridgehead atoms. The maximum Gasteiger partial charge on any atom is 0.190 e. The summed E-state index contributed by atoms with van der Waals surface area (Å²) in [5.41, 5.74) is 1.10. The Bertz CT molecular complexity index is 877. The van der Waals surface area contributed by atoms with Gasteiger partial charge in [0.1, 0.15) is 30.2 Å². The van der Waals surface area contributed by atoms with Gasteiger partial charge in [-0.15, -0.1) is 0 Å². The van der Waals surface area contributed by atoms with Gasteiger partial charge >= 0.3 is 0 Å². The second-order valence-electron chi connectivity index (χ2n) is 11.9. The Hall–Kier alpha value is -1.22. The first kappa shape index (κ1) is 27.0. The molecule has 2 saturated carbocycles. The van der Waals surface area contributed by atoms with Crippen LogP contribution in [0.25, 0.3) is 0 Å². The number of rotatable bonds is 10. The number of unbranched alkanes of at least 4 members (excludes halogenated alkanes) is 3. The van der Waals surface area contributed by atoms with E-state index in [0.29, 0.717) is 13.2 Å². The van der Waals surface area contributed by atoms with Crippen LogP contribution >= 0.6 is 0 Å². The molecule has 0 aromatic heterocycles. The molecule has 0 unspecified atom stereocenters. The number of ether oxygens (including phenoxy) is 7. The van der Waals surface area contributed by atoms with Crippen molar-refractivity contribution in [1.82, 2.24) is 0 Å². The van der Waals surface area contributed by atoms with E-state index in [2.05, 4.69) is 19.1 Å². The molecular weight excluding hydrogens is 484 g/mol. The van der Waals surface area contributed by atoms with Crippen molar-refractivity contribution in [3.63, 3.8) is 0 Å². The van der Waals surface area contributed by atoms with Gasteiger partial charge in [-0.25, -0.2) is 0 Å². The average Bonchev–Trinajstić information content (AvgIpc) is 3.60. The van der Waals surface area contributed by atoms with E-state index in [0.717, 1.165) is 75.7 Å². The van der Waals surface area contributed by atoms with E-state index in [-0.39, 0.29) is 24.4 Å². The predicted octanol–water partition coefficient (Wildman–Crippen LogP) is 6.41. The molecule has 1 aromatic rings. The molecule has 2 spiro atoms. The Morgan fingerprint density at radius 3 is 2.26 bits per heavy atom. The van der Waals surface area contributed by atoms with Gasteiger partial charge in [-0.05, 0) is 49.8 Å². The smallest absolute Gasteiger partial charge is 0.190 e. The molecule has 5 aliphatic rings. The number of fused-ring (bicyclic) bond motifs is 1. The van der Waals surface area contributed by atoms with Crippen LogP contribution in [0.2, 0.25) is 0 Å². The Balaban J connectivity index is 1.09. The molecule has 3 heterocycles. The van der Waals surface area contributed by atoms with Crippen molar-refractivity contribution in [2.24, 2.45) is 0 Å². The summed E-state index contributed by atoms with van der Waals surface area (Å²) < 4.78 is 45.0. The fourth-order valence-corrected chi connectivity index (χ4v) is 6.86. The zero-order valence-corrected chi connectivity index (χ0v) is 23.1. The fourth-order valence-electron chi connectivity index (χ4n) is 6.86. The summed E-state index contributed by atoms with van der Waals surface area (Å²) in [7, 11) is 0. The van der Waals surface area contributed by atoms with Gasteiger partial charge in [0.2, 0.25) is 0 Å². The van der Waals surface area contributed by atoms with Gasteiger partial charge in [0, 0.05) is 25.7 Å². The fraction of sp³-hybridized carbons (Fsp3) is 0.806. The van der Waals surface area contributed by atoms with Crippen LogP contribution in [0.15, 0.2) is 24.3 Å². The minimum absolute atomic E-state index is 0.179. The molecule has 7 nitrogen and oxygen atoms in total. The summed E-state index contributed by atoms with van der Waals surface area (Å²) in [6, 6.07) is 8.25. The number of hydrogen-bond donors (Lipinski definition) is 0. The van der Waals surface area contributed by atoms with Gasteiger partial charge in [-0.3, -0.25) is 0 Å². The van der Waals surface area contributed by atoms with E-state index in [1.165, 1.54) is 32.1 Å². The number of hydrogen-bond acceptors (Lipinski definition) is 7. The molecule has 5 fully saturated rings. The van der Waals surface area contributed by atoms with Crippen molar-refractivity contribution in [1.29, 1.82) is 0 Å². The van der Waals surface area contributed by atoms with E-state index in [1.54, 1.807) is 0 Å². The zero-order chi connectivity index (χ0) is 25.8. The second-order valence-corrected chi connectivity index (χ2v) is 11.9. The minimum atomic E-state index is -0.520. The molecule has 0 N–H and O–H groups in total. The lowest BCUT2D eigenvalue weighted by molar-refractivity contribution is -0.263. The van der Waals surface area contributed by atoms with Gasteiger partial charge in [-0.2, -0.15) is 0 Å². The van der Waals surface area contributed by atoms with E-state index in [4.69, 9.17) is 33.2 Å². The van der Waals surface area contributed by atoms with E-state index < -0.39 is 17.9 Å². The van der Waals surface area contributed by atoms with Crippen LogP contribution in [0.4, 0.5) is 0 Å². The highest BCUT2D eigenvalue weighted by atomic mass is 16.9. The van der Waals surface area contributed by atoms with Gasteiger partial charge in [-0.1, -0.05) is 51.2 Å². The van der Waals surface area contributed by atoms with Crippen LogP contribution in [0.3, 0.4) is 0 Å². The standard InChI is InChI=1S/C31H46O7/c1-2-3-4-11-20-32-24-14-12-23(13-15-24)21-33-27-26(25-22-34-30(36-25)16-7-5-8-17-30)35-29-28(27)37-31(38-29)18-9-6-10-19-31/h12-15,25-29H,2-11,16-22H2,1H3/t25-,26+,27-,28+,29+/m0/s1. The lowest BCUT2D eigenvalue weighted by Crippen LogP contribution is -2.45. The molecule has 0 amide bonds. The zero-order valence-electron chi connectivity index (χ0n) is 23.1. The molecular formula is C31H46O7. The Morgan fingerprint density at radius 1 is 0.789 bits per heavy atom. The molecule has 1 aromatic carbocycles. The highest BCUT2D eigenvalue weighted by Gasteiger charge is 2.61. The molecule has 6 rings (SSSR count). The third-order valence-electron chi connectivity index (χ3n) is 9.00. The highest BCUT2D eigenvalue weighted by Crippen LogP contribution is 2.48. The molecule has 2 aliphatic carbocycles. The first-order valence-corrected chi connectivity index (χ1v) is 15.3. The summed E-state index contributed by atoms with van der Waals surface area (Å²) in [5.74, 6) is -0.0605. The van der Waals surface area contributed by atoms with E-state index in [9.17, 15) is 0 Å². The van der Waals surface area contributed by atoms with Crippen LogP contribution in [0.5, 0.6) is 5.75 Å². The SMILES string of the molecule is CCCCCCOc1ccc(CO[C@@H]2[C@H]3OC4(CCCCC4)O[C@H]3O[C@@H]2[C@@H]2COC3(CCCCC3)O2)cc1. The van der Waals surface area contributed by atoms with Gasteiger partial charge in [0.25, 0.3) is 0 Å². The van der Waals surface area contributed by atoms with Crippen molar-refractivity contribution in [3.8, 4) is 5.75 Å². The predicted molar refractivity (Wildman–Crippen MR) is 142 cm³/mol. The molecule has 212 valence electrons. The van der Waals surface area contributed by atoms with Crippen LogP contribution < -0.4 is 4.74 Å². The van der Waals surface area contributed by atoms with Crippen LogP contribution in [0, 0.1) is 0 Å². The lowest BCUT2D eigenvalue weighted by Gasteiger charge is -2.35. The summed E-state index contributed by atoms with van der Waals surface area (Å²) >= 11 is 0. The molecule has 38 heavy (non-hydrogen) atoms. The maximum absolute atomic E-state index is 6.64. The van der Waals surface area contributed by atoms with Crippen molar-refractivity contribution in [2.75, 3.05) is 13.2 Å². The molecule has 5 atom stereocenters.